The number of hydrogen-bond donors (Lipinski definition) is 0. The second-order valence-corrected chi connectivity index (χ2v) is 6.55. The van der Waals surface area contributed by atoms with Crippen LogP contribution in [0.1, 0.15) is 46.6 Å². The first kappa shape index (κ1) is 12.6. The van der Waals surface area contributed by atoms with E-state index in [1.165, 1.54) is 5.06 Å². The SMILES string of the molecule is CC1(c2ccccc2)CC(C)(C)C(C)(C)N1[O]. The van der Waals surface area contributed by atoms with Crippen LogP contribution >= 0.6 is 0 Å². The molecule has 0 N–H and O–H groups in total. The second kappa shape index (κ2) is 3.56. The lowest BCUT2D eigenvalue weighted by Gasteiger charge is -2.38. The van der Waals surface area contributed by atoms with E-state index in [1.54, 1.807) is 0 Å². The zero-order valence-electron chi connectivity index (χ0n) is 11.4. The Morgan fingerprint density at radius 1 is 1.00 bits per heavy atom. The molecule has 1 aromatic carbocycles. The molecule has 93 valence electrons. The first-order valence-corrected chi connectivity index (χ1v) is 6.25. The summed E-state index contributed by atoms with van der Waals surface area (Å²) in [6, 6.07) is 10.1. The second-order valence-electron chi connectivity index (χ2n) is 6.55. The van der Waals surface area contributed by atoms with Gasteiger partial charge in [0.15, 0.2) is 0 Å². The zero-order chi connectivity index (χ0) is 12.9. The Balaban J connectivity index is 2.49. The highest BCUT2D eigenvalue weighted by Crippen LogP contribution is 2.55. The molecule has 1 atom stereocenters. The van der Waals surface area contributed by atoms with Gasteiger partial charge in [-0.25, -0.2) is 0 Å². The van der Waals surface area contributed by atoms with Gasteiger partial charge in [0.2, 0.25) is 0 Å². The van der Waals surface area contributed by atoms with Crippen LogP contribution in [0, 0.1) is 5.41 Å². The summed E-state index contributed by atoms with van der Waals surface area (Å²) in [5.41, 5.74) is 0.388. The maximum Gasteiger partial charge on any atom is 0.0725 e. The largest absolute Gasteiger partial charge is 0.139 e. The first-order valence-electron chi connectivity index (χ1n) is 6.25. The highest BCUT2D eigenvalue weighted by Gasteiger charge is 2.59. The third-order valence-electron chi connectivity index (χ3n) is 4.79. The fourth-order valence-corrected chi connectivity index (χ4v) is 3.06. The molecule has 0 spiro atoms. The lowest BCUT2D eigenvalue weighted by atomic mass is 9.73. The molecule has 0 amide bonds. The van der Waals surface area contributed by atoms with Crippen molar-refractivity contribution in [3.05, 3.63) is 35.9 Å². The summed E-state index contributed by atoms with van der Waals surface area (Å²) in [7, 11) is 0. The predicted molar refractivity (Wildman–Crippen MR) is 68.8 cm³/mol. The number of benzene rings is 1. The summed E-state index contributed by atoms with van der Waals surface area (Å²) in [6.45, 7) is 10.5. The van der Waals surface area contributed by atoms with Crippen LogP contribution in [0.15, 0.2) is 30.3 Å². The number of nitrogens with zero attached hydrogens (tertiary/aromatic N) is 1. The van der Waals surface area contributed by atoms with Gasteiger partial charge < -0.3 is 0 Å². The molecular formula is C15H22NO. The van der Waals surface area contributed by atoms with Crippen molar-refractivity contribution in [2.75, 3.05) is 0 Å². The third-order valence-corrected chi connectivity index (χ3v) is 4.79. The molecule has 17 heavy (non-hydrogen) atoms. The summed E-state index contributed by atoms with van der Waals surface area (Å²) in [5.74, 6) is 0. The maximum atomic E-state index is 12.7. The van der Waals surface area contributed by atoms with Crippen molar-refractivity contribution in [2.45, 2.75) is 52.1 Å². The molecule has 2 heteroatoms. The van der Waals surface area contributed by atoms with Gasteiger partial charge in [0.25, 0.3) is 0 Å². The Kier molecular flexibility index (Phi) is 2.64. The molecule has 1 aliphatic rings. The highest BCUT2D eigenvalue weighted by molar-refractivity contribution is 5.27. The van der Waals surface area contributed by atoms with Crippen molar-refractivity contribution in [3.8, 4) is 0 Å². The van der Waals surface area contributed by atoms with Crippen LogP contribution in [0.5, 0.6) is 0 Å². The maximum absolute atomic E-state index is 12.7. The van der Waals surface area contributed by atoms with Gasteiger partial charge in [-0.1, -0.05) is 44.2 Å². The van der Waals surface area contributed by atoms with Crippen LogP contribution in [0.4, 0.5) is 0 Å². The van der Waals surface area contributed by atoms with Crippen LogP contribution in [0.25, 0.3) is 0 Å². The van der Waals surface area contributed by atoms with Gasteiger partial charge in [0.05, 0.1) is 5.54 Å². The van der Waals surface area contributed by atoms with E-state index < -0.39 is 5.54 Å². The van der Waals surface area contributed by atoms with E-state index in [0.717, 1.165) is 12.0 Å². The summed E-state index contributed by atoms with van der Waals surface area (Å²) >= 11 is 0. The Hall–Kier alpha value is -0.860. The number of hydrogen-bond acceptors (Lipinski definition) is 1. The molecule has 1 saturated heterocycles. The first-order chi connectivity index (χ1) is 7.72. The van der Waals surface area contributed by atoms with E-state index in [0.29, 0.717) is 0 Å². The van der Waals surface area contributed by atoms with Crippen LogP contribution in [0.3, 0.4) is 0 Å². The average molecular weight is 232 g/mol. The van der Waals surface area contributed by atoms with Crippen molar-refractivity contribution in [1.29, 1.82) is 0 Å². The van der Waals surface area contributed by atoms with Crippen molar-refractivity contribution >= 4 is 0 Å². The monoisotopic (exact) mass is 232 g/mol. The minimum Gasteiger partial charge on any atom is -0.139 e. The normalized spacial score (nSPS) is 31.6. The van der Waals surface area contributed by atoms with E-state index >= 15 is 0 Å². The van der Waals surface area contributed by atoms with E-state index in [2.05, 4.69) is 32.9 Å². The van der Waals surface area contributed by atoms with Gasteiger partial charge in [-0.05, 0) is 38.2 Å². The van der Waals surface area contributed by atoms with Gasteiger partial charge in [-0.2, -0.15) is 0 Å². The Labute approximate surface area is 104 Å². The quantitative estimate of drug-likeness (QED) is 0.723. The topological polar surface area (TPSA) is 23.1 Å². The molecule has 1 radical (unpaired) electrons. The van der Waals surface area contributed by atoms with Gasteiger partial charge in [0.1, 0.15) is 0 Å². The zero-order valence-corrected chi connectivity index (χ0v) is 11.4. The van der Waals surface area contributed by atoms with Crippen molar-refractivity contribution in [1.82, 2.24) is 5.06 Å². The summed E-state index contributed by atoms with van der Waals surface area (Å²) in [6.07, 6.45) is 0.889. The molecule has 0 bridgehead atoms. The molecule has 2 nitrogen and oxygen atoms in total. The minimum absolute atomic E-state index is 0.0132. The van der Waals surface area contributed by atoms with Crippen LogP contribution in [0.2, 0.25) is 0 Å². The minimum atomic E-state index is -0.408. The Morgan fingerprint density at radius 3 is 1.94 bits per heavy atom. The fourth-order valence-electron chi connectivity index (χ4n) is 3.06. The fraction of sp³-hybridized carbons (Fsp3) is 0.600. The highest BCUT2D eigenvalue weighted by atomic mass is 16.5. The number of hydroxylamine groups is 2. The summed E-state index contributed by atoms with van der Waals surface area (Å²) in [5, 5.41) is 14.0. The van der Waals surface area contributed by atoms with Crippen molar-refractivity contribution in [2.24, 2.45) is 5.41 Å². The van der Waals surface area contributed by atoms with Gasteiger partial charge in [0, 0.05) is 5.54 Å². The standard InChI is InChI=1S/C15H22NO/c1-13(2)11-15(5,16(17)14(13,3)4)12-9-7-6-8-10-12/h6-10H,11H2,1-5H3. The molecular weight excluding hydrogens is 210 g/mol. The van der Waals surface area contributed by atoms with E-state index in [4.69, 9.17) is 0 Å². The summed E-state index contributed by atoms with van der Waals surface area (Å²) < 4.78 is 0. The van der Waals surface area contributed by atoms with Gasteiger partial charge in [-0.15, -0.1) is 10.3 Å². The third kappa shape index (κ3) is 1.62. The van der Waals surface area contributed by atoms with Crippen LogP contribution < -0.4 is 0 Å². The van der Waals surface area contributed by atoms with Crippen molar-refractivity contribution < 1.29 is 5.21 Å². The average Bonchev–Trinajstić information content (AvgIpc) is 2.39. The molecule has 0 aromatic heterocycles. The molecule has 1 heterocycles. The molecule has 0 aliphatic carbocycles. The number of rotatable bonds is 1. The van der Waals surface area contributed by atoms with Gasteiger partial charge >= 0.3 is 0 Å². The molecule has 1 fully saturated rings. The van der Waals surface area contributed by atoms with Crippen molar-refractivity contribution in [3.63, 3.8) is 0 Å². The Morgan fingerprint density at radius 2 is 1.53 bits per heavy atom. The molecule has 1 aromatic rings. The summed E-state index contributed by atoms with van der Waals surface area (Å²) in [4.78, 5) is 0. The molecule has 1 aliphatic heterocycles. The van der Waals surface area contributed by atoms with Crippen LogP contribution in [-0.4, -0.2) is 10.6 Å². The molecule has 0 saturated carbocycles. The van der Waals surface area contributed by atoms with E-state index in [-0.39, 0.29) is 11.0 Å². The van der Waals surface area contributed by atoms with Crippen LogP contribution in [-0.2, 0) is 10.7 Å². The lowest BCUT2D eigenvalue weighted by molar-refractivity contribution is -0.260. The van der Waals surface area contributed by atoms with E-state index in [9.17, 15) is 5.21 Å². The predicted octanol–water partition coefficient (Wildman–Crippen LogP) is 3.76. The van der Waals surface area contributed by atoms with Gasteiger partial charge in [-0.3, -0.25) is 0 Å². The lowest BCUT2D eigenvalue weighted by Crippen LogP contribution is -2.48. The Bertz CT molecular complexity index is 410. The molecule has 2 rings (SSSR count). The smallest absolute Gasteiger partial charge is 0.0725 e. The van der Waals surface area contributed by atoms with E-state index in [1.807, 2.05) is 32.0 Å². The molecule has 1 unspecified atom stereocenters.